The maximum absolute atomic E-state index is 12.6. The van der Waals surface area contributed by atoms with E-state index in [2.05, 4.69) is 22.1 Å². The molecule has 1 amide bonds. The van der Waals surface area contributed by atoms with Gasteiger partial charge in [0.15, 0.2) is 0 Å². The Morgan fingerprint density at radius 1 is 1.08 bits per heavy atom. The number of rotatable bonds is 5. The lowest BCUT2D eigenvalue weighted by Gasteiger charge is -2.18. The van der Waals surface area contributed by atoms with Crippen LogP contribution in [0.2, 0.25) is 0 Å². The van der Waals surface area contributed by atoms with Gasteiger partial charge < -0.3 is 9.80 Å². The highest BCUT2D eigenvalue weighted by Gasteiger charge is 2.13. The van der Waals surface area contributed by atoms with Crippen molar-refractivity contribution in [3.05, 3.63) is 72.4 Å². The first-order chi connectivity index (χ1) is 12.0. The molecule has 0 bridgehead atoms. The molecular weight excluding hydrogens is 314 g/mol. The highest BCUT2D eigenvalue weighted by molar-refractivity contribution is 5.93. The topological polar surface area (TPSA) is 54.3 Å². The zero-order valence-corrected chi connectivity index (χ0v) is 14.6. The van der Waals surface area contributed by atoms with Crippen LogP contribution in [-0.4, -0.2) is 46.5 Å². The fourth-order valence-electron chi connectivity index (χ4n) is 2.53. The lowest BCUT2D eigenvalue weighted by molar-refractivity contribution is 0.0784. The van der Waals surface area contributed by atoms with E-state index in [0.29, 0.717) is 12.1 Å². The van der Waals surface area contributed by atoms with E-state index in [9.17, 15) is 4.79 Å². The van der Waals surface area contributed by atoms with Gasteiger partial charge in [-0.1, -0.05) is 12.1 Å². The number of nitrogens with zero attached hydrogens (tertiary/aromatic N) is 5. The molecule has 0 saturated carbocycles. The Kier molecular flexibility index (Phi) is 4.79. The van der Waals surface area contributed by atoms with Gasteiger partial charge in [0, 0.05) is 52.0 Å². The molecule has 2 heterocycles. The van der Waals surface area contributed by atoms with E-state index in [1.807, 2.05) is 43.4 Å². The SMILES string of the molecule is CN(Cc1ccc(N(C)C)cc1)C(=O)c1ccc(-n2ccnc2)nc1. The summed E-state index contributed by atoms with van der Waals surface area (Å²) in [6.45, 7) is 0.551. The minimum atomic E-state index is -0.0543. The van der Waals surface area contributed by atoms with E-state index in [1.54, 1.807) is 41.3 Å². The molecule has 0 spiro atoms. The molecule has 0 aliphatic carbocycles. The van der Waals surface area contributed by atoms with Crippen LogP contribution in [0.15, 0.2) is 61.3 Å². The lowest BCUT2D eigenvalue weighted by Crippen LogP contribution is -2.26. The molecule has 1 aromatic carbocycles. The average Bonchev–Trinajstić information content (AvgIpc) is 3.16. The summed E-state index contributed by atoms with van der Waals surface area (Å²) >= 11 is 0. The highest BCUT2D eigenvalue weighted by atomic mass is 16.2. The van der Waals surface area contributed by atoms with Gasteiger partial charge >= 0.3 is 0 Å². The largest absolute Gasteiger partial charge is 0.378 e. The second kappa shape index (κ2) is 7.17. The zero-order chi connectivity index (χ0) is 17.8. The number of carbonyl (C=O) groups excluding carboxylic acids is 1. The quantitative estimate of drug-likeness (QED) is 0.719. The van der Waals surface area contributed by atoms with Crippen molar-refractivity contribution >= 4 is 11.6 Å². The van der Waals surface area contributed by atoms with E-state index in [-0.39, 0.29) is 5.91 Å². The van der Waals surface area contributed by atoms with E-state index < -0.39 is 0 Å². The molecule has 3 aromatic rings. The van der Waals surface area contributed by atoms with Crippen molar-refractivity contribution in [2.24, 2.45) is 0 Å². The average molecular weight is 335 g/mol. The summed E-state index contributed by atoms with van der Waals surface area (Å²) in [7, 11) is 5.81. The number of anilines is 1. The van der Waals surface area contributed by atoms with E-state index in [0.717, 1.165) is 17.1 Å². The number of amides is 1. The molecule has 0 unspecified atom stereocenters. The molecule has 0 aliphatic rings. The second-order valence-electron chi connectivity index (χ2n) is 6.10. The van der Waals surface area contributed by atoms with Gasteiger partial charge in [-0.3, -0.25) is 9.36 Å². The molecule has 2 aromatic heterocycles. The van der Waals surface area contributed by atoms with Gasteiger partial charge in [-0.05, 0) is 29.8 Å². The van der Waals surface area contributed by atoms with Crippen LogP contribution in [0.5, 0.6) is 0 Å². The fourth-order valence-corrected chi connectivity index (χ4v) is 2.53. The van der Waals surface area contributed by atoms with Gasteiger partial charge in [0.05, 0.1) is 5.56 Å². The second-order valence-corrected chi connectivity index (χ2v) is 6.10. The fraction of sp³-hybridized carbons (Fsp3) is 0.211. The third kappa shape index (κ3) is 3.85. The predicted molar refractivity (Wildman–Crippen MR) is 97.9 cm³/mol. The lowest BCUT2D eigenvalue weighted by atomic mass is 10.1. The van der Waals surface area contributed by atoms with Crippen molar-refractivity contribution in [2.45, 2.75) is 6.54 Å². The maximum atomic E-state index is 12.6. The molecule has 128 valence electrons. The first-order valence-corrected chi connectivity index (χ1v) is 8.01. The molecule has 25 heavy (non-hydrogen) atoms. The van der Waals surface area contributed by atoms with E-state index in [4.69, 9.17) is 0 Å². The van der Waals surface area contributed by atoms with Crippen LogP contribution in [-0.2, 0) is 6.54 Å². The Balaban J connectivity index is 1.67. The monoisotopic (exact) mass is 335 g/mol. The Labute approximate surface area is 147 Å². The Hall–Kier alpha value is -3.15. The summed E-state index contributed by atoms with van der Waals surface area (Å²) in [5, 5.41) is 0. The predicted octanol–water partition coefficient (Wildman–Crippen LogP) is 2.61. The van der Waals surface area contributed by atoms with Crippen LogP contribution < -0.4 is 4.90 Å². The molecule has 6 nitrogen and oxygen atoms in total. The Morgan fingerprint density at radius 3 is 2.40 bits per heavy atom. The van der Waals surface area contributed by atoms with Crippen molar-refractivity contribution in [3.8, 4) is 5.82 Å². The first-order valence-electron chi connectivity index (χ1n) is 8.01. The molecule has 0 fully saturated rings. The smallest absolute Gasteiger partial charge is 0.255 e. The standard InChI is InChI=1S/C19H21N5O/c1-22(2)17-7-4-15(5-8-17)13-23(3)19(25)16-6-9-18(21-12-16)24-11-10-20-14-24/h4-12,14H,13H2,1-3H3. The summed E-state index contributed by atoms with van der Waals surface area (Å²) in [6.07, 6.45) is 6.78. The van der Waals surface area contributed by atoms with Gasteiger partial charge in [0.25, 0.3) is 5.91 Å². The Bertz CT molecular complexity index is 823. The normalized spacial score (nSPS) is 10.5. The molecule has 0 atom stereocenters. The third-order valence-electron chi connectivity index (χ3n) is 3.98. The number of pyridine rings is 1. The minimum Gasteiger partial charge on any atom is -0.378 e. The zero-order valence-electron chi connectivity index (χ0n) is 14.6. The summed E-state index contributed by atoms with van der Waals surface area (Å²) in [5.41, 5.74) is 2.79. The number of benzene rings is 1. The number of carbonyl (C=O) groups is 1. The van der Waals surface area contributed by atoms with Gasteiger partial charge in [-0.2, -0.15) is 0 Å². The first kappa shape index (κ1) is 16.7. The molecular formula is C19H21N5O. The van der Waals surface area contributed by atoms with Crippen LogP contribution in [0.25, 0.3) is 5.82 Å². The van der Waals surface area contributed by atoms with Crippen LogP contribution >= 0.6 is 0 Å². The Morgan fingerprint density at radius 2 is 1.84 bits per heavy atom. The number of hydrogen-bond donors (Lipinski definition) is 0. The minimum absolute atomic E-state index is 0.0543. The molecule has 0 radical (unpaired) electrons. The molecule has 0 aliphatic heterocycles. The summed E-state index contributed by atoms with van der Waals surface area (Å²) < 4.78 is 1.80. The number of imidazole rings is 1. The van der Waals surface area contributed by atoms with Crippen molar-refractivity contribution in [3.63, 3.8) is 0 Å². The van der Waals surface area contributed by atoms with Crippen LogP contribution in [0, 0.1) is 0 Å². The summed E-state index contributed by atoms with van der Waals surface area (Å²) in [5.74, 6) is 0.678. The highest BCUT2D eigenvalue weighted by Crippen LogP contribution is 2.14. The van der Waals surface area contributed by atoms with E-state index in [1.165, 1.54) is 0 Å². The van der Waals surface area contributed by atoms with Gasteiger partial charge in [0.2, 0.25) is 0 Å². The van der Waals surface area contributed by atoms with Gasteiger partial charge in [-0.25, -0.2) is 9.97 Å². The summed E-state index contributed by atoms with van der Waals surface area (Å²) in [4.78, 5) is 24.6. The molecule has 6 heteroatoms. The van der Waals surface area contributed by atoms with Crippen LogP contribution in [0.1, 0.15) is 15.9 Å². The summed E-state index contributed by atoms with van der Waals surface area (Å²) in [6, 6.07) is 11.8. The molecule has 0 saturated heterocycles. The third-order valence-corrected chi connectivity index (χ3v) is 3.98. The van der Waals surface area contributed by atoms with Gasteiger partial charge in [-0.15, -0.1) is 0 Å². The van der Waals surface area contributed by atoms with Crippen molar-refractivity contribution in [1.82, 2.24) is 19.4 Å². The van der Waals surface area contributed by atoms with Crippen LogP contribution in [0.4, 0.5) is 5.69 Å². The van der Waals surface area contributed by atoms with Gasteiger partial charge in [0.1, 0.15) is 12.1 Å². The van der Waals surface area contributed by atoms with Crippen molar-refractivity contribution < 1.29 is 4.79 Å². The molecule has 3 rings (SSSR count). The maximum Gasteiger partial charge on any atom is 0.255 e. The van der Waals surface area contributed by atoms with Crippen molar-refractivity contribution in [2.75, 3.05) is 26.0 Å². The molecule has 0 N–H and O–H groups in total. The van der Waals surface area contributed by atoms with Crippen LogP contribution in [0.3, 0.4) is 0 Å². The number of aromatic nitrogens is 3. The van der Waals surface area contributed by atoms with Crippen molar-refractivity contribution in [1.29, 1.82) is 0 Å². The number of hydrogen-bond acceptors (Lipinski definition) is 4. The van der Waals surface area contributed by atoms with E-state index >= 15 is 0 Å².